The lowest BCUT2D eigenvalue weighted by molar-refractivity contribution is -0.0908. The van der Waals surface area contributed by atoms with Crippen molar-refractivity contribution in [2.24, 2.45) is 5.73 Å². The van der Waals surface area contributed by atoms with Crippen LogP contribution in [0.25, 0.3) is 0 Å². The molecule has 3 atom stereocenters. The smallest absolute Gasteiger partial charge is 0.0730 e. The van der Waals surface area contributed by atoms with Gasteiger partial charge in [0.25, 0.3) is 0 Å². The number of methoxy groups -OCH3 is 1. The maximum atomic E-state index is 5.87. The molecule has 1 heterocycles. The molecule has 0 radical (unpaired) electrons. The molecule has 4 nitrogen and oxygen atoms in total. The van der Waals surface area contributed by atoms with Gasteiger partial charge in [-0.3, -0.25) is 4.90 Å². The van der Waals surface area contributed by atoms with Crippen LogP contribution in [0.15, 0.2) is 0 Å². The number of morpholine rings is 1. The average molecular weight is 242 g/mol. The maximum Gasteiger partial charge on any atom is 0.0730 e. The highest BCUT2D eigenvalue weighted by Crippen LogP contribution is 2.28. The fraction of sp³-hybridized carbons (Fsp3) is 1.00. The van der Waals surface area contributed by atoms with E-state index in [1.165, 1.54) is 25.7 Å². The fourth-order valence-corrected chi connectivity index (χ4v) is 3.10. The third kappa shape index (κ3) is 3.41. The second kappa shape index (κ2) is 6.69. The molecule has 2 rings (SSSR count). The molecule has 0 aromatic carbocycles. The zero-order valence-electron chi connectivity index (χ0n) is 10.9. The van der Waals surface area contributed by atoms with E-state index in [1.807, 2.05) is 0 Å². The van der Waals surface area contributed by atoms with E-state index in [1.54, 1.807) is 7.11 Å². The number of ether oxygens (including phenoxy) is 2. The molecule has 3 unspecified atom stereocenters. The largest absolute Gasteiger partial charge is 0.380 e. The van der Waals surface area contributed by atoms with Crippen molar-refractivity contribution in [1.82, 2.24) is 4.90 Å². The Labute approximate surface area is 104 Å². The highest BCUT2D eigenvalue weighted by molar-refractivity contribution is 4.87. The Morgan fingerprint density at radius 3 is 3.00 bits per heavy atom. The lowest BCUT2D eigenvalue weighted by atomic mass is 9.90. The van der Waals surface area contributed by atoms with Crippen molar-refractivity contribution in [3.8, 4) is 0 Å². The first-order valence-corrected chi connectivity index (χ1v) is 6.93. The molecule has 2 fully saturated rings. The van der Waals surface area contributed by atoms with Crippen molar-refractivity contribution in [3.05, 3.63) is 0 Å². The van der Waals surface area contributed by atoms with E-state index in [0.29, 0.717) is 18.7 Å². The van der Waals surface area contributed by atoms with E-state index < -0.39 is 0 Å². The monoisotopic (exact) mass is 242 g/mol. The van der Waals surface area contributed by atoms with Gasteiger partial charge in [0.15, 0.2) is 0 Å². The summed E-state index contributed by atoms with van der Waals surface area (Å²) >= 11 is 0. The number of hydrogen-bond acceptors (Lipinski definition) is 4. The van der Waals surface area contributed by atoms with Crippen LogP contribution < -0.4 is 5.73 Å². The quantitative estimate of drug-likeness (QED) is 0.781. The van der Waals surface area contributed by atoms with Crippen LogP contribution in [0.4, 0.5) is 0 Å². The Balaban J connectivity index is 1.82. The molecule has 0 aromatic heterocycles. The van der Waals surface area contributed by atoms with Crippen molar-refractivity contribution >= 4 is 0 Å². The number of hydrogen-bond donors (Lipinski definition) is 1. The van der Waals surface area contributed by atoms with Crippen LogP contribution in [-0.4, -0.2) is 56.5 Å². The van der Waals surface area contributed by atoms with Crippen molar-refractivity contribution in [2.75, 3.05) is 33.4 Å². The first kappa shape index (κ1) is 13.3. The summed E-state index contributed by atoms with van der Waals surface area (Å²) in [5.74, 6) is 0. The van der Waals surface area contributed by atoms with Crippen LogP contribution in [0, 0.1) is 0 Å². The standard InChI is InChI=1S/C13H26N2O2/c1-16-11(10-14)6-7-15-8-9-17-13-5-3-2-4-12(13)15/h11-13H,2-10,14H2,1H3. The first-order chi connectivity index (χ1) is 8.35. The molecule has 100 valence electrons. The first-order valence-electron chi connectivity index (χ1n) is 6.93. The van der Waals surface area contributed by atoms with E-state index in [9.17, 15) is 0 Å². The van der Waals surface area contributed by atoms with E-state index in [-0.39, 0.29) is 6.10 Å². The molecule has 0 spiro atoms. The lowest BCUT2D eigenvalue weighted by Crippen LogP contribution is -2.53. The Bertz CT molecular complexity index is 219. The van der Waals surface area contributed by atoms with Gasteiger partial charge in [0.2, 0.25) is 0 Å². The highest BCUT2D eigenvalue weighted by Gasteiger charge is 2.33. The van der Waals surface area contributed by atoms with Gasteiger partial charge in [-0.1, -0.05) is 12.8 Å². The lowest BCUT2D eigenvalue weighted by Gasteiger charge is -2.44. The van der Waals surface area contributed by atoms with Crippen molar-refractivity contribution in [1.29, 1.82) is 0 Å². The summed E-state index contributed by atoms with van der Waals surface area (Å²) in [4.78, 5) is 2.59. The molecule has 0 bridgehead atoms. The van der Waals surface area contributed by atoms with Gasteiger partial charge in [-0.25, -0.2) is 0 Å². The van der Waals surface area contributed by atoms with Gasteiger partial charge in [0.1, 0.15) is 0 Å². The minimum absolute atomic E-state index is 0.208. The van der Waals surface area contributed by atoms with Crippen molar-refractivity contribution in [2.45, 2.75) is 50.4 Å². The van der Waals surface area contributed by atoms with Crippen LogP contribution in [-0.2, 0) is 9.47 Å². The summed E-state index contributed by atoms with van der Waals surface area (Å²) in [7, 11) is 1.75. The predicted molar refractivity (Wildman–Crippen MR) is 68.0 cm³/mol. The fourth-order valence-electron chi connectivity index (χ4n) is 3.10. The van der Waals surface area contributed by atoms with Gasteiger partial charge in [0, 0.05) is 32.8 Å². The molecule has 4 heteroatoms. The second-order valence-electron chi connectivity index (χ2n) is 5.18. The molecular formula is C13H26N2O2. The molecule has 1 aliphatic heterocycles. The van der Waals surface area contributed by atoms with Crippen LogP contribution in [0.3, 0.4) is 0 Å². The van der Waals surface area contributed by atoms with E-state index >= 15 is 0 Å². The summed E-state index contributed by atoms with van der Waals surface area (Å²) in [5.41, 5.74) is 5.66. The molecule has 2 aliphatic rings. The van der Waals surface area contributed by atoms with Crippen LogP contribution >= 0.6 is 0 Å². The minimum atomic E-state index is 0.208. The van der Waals surface area contributed by atoms with Gasteiger partial charge < -0.3 is 15.2 Å². The summed E-state index contributed by atoms with van der Waals surface area (Å²) in [6.45, 7) is 3.68. The minimum Gasteiger partial charge on any atom is -0.380 e. The van der Waals surface area contributed by atoms with Gasteiger partial charge in [0.05, 0.1) is 18.8 Å². The molecule has 1 aliphatic carbocycles. The molecule has 1 saturated carbocycles. The number of nitrogens with zero attached hydrogens (tertiary/aromatic N) is 1. The predicted octanol–water partition coefficient (Wildman–Crippen LogP) is 0.994. The Kier molecular flexibility index (Phi) is 5.22. The third-order valence-corrected chi connectivity index (χ3v) is 4.18. The molecule has 1 saturated heterocycles. The van der Waals surface area contributed by atoms with Crippen LogP contribution in [0.2, 0.25) is 0 Å². The molecule has 17 heavy (non-hydrogen) atoms. The topological polar surface area (TPSA) is 47.7 Å². The van der Waals surface area contributed by atoms with Crippen molar-refractivity contribution in [3.63, 3.8) is 0 Å². The zero-order valence-corrected chi connectivity index (χ0v) is 10.9. The highest BCUT2D eigenvalue weighted by atomic mass is 16.5. The number of rotatable bonds is 5. The summed E-state index contributed by atoms with van der Waals surface area (Å²) in [6, 6.07) is 0.646. The van der Waals surface area contributed by atoms with E-state index in [2.05, 4.69) is 4.90 Å². The Morgan fingerprint density at radius 1 is 1.41 bits per heavy atom. The molecular weight excluding hydrogens is 216 g/mol. The van der Waals surface area contributed by atoms with Gasteiger partial charge >= 0.3 is 0 Å². The van der Waals surface area contributed by atoms with Crippen LogP contribution in [0.5, 0.6) is 0 Å². The summed E-state index contributed by atoms with van der Waals surface area (Å²) in [6.07, 6.45) is 6.95. The number of fused-ring (bicyclic) bond motifs is 1. The third-order valence-electron chi connectivity index (χ3n) is 4.18. The van der Waals surface area contributed by atoms with Gasteiger partial charge in [-0.15, -0.1) is 0 Å². The average Bonchev–Trinajstić information content (AvgIpc) is 2.40. The van der Waals surface area contributed by atoms with E-state index in [4.69, 9.17) is 15.2 Å². The van der Waals surface area contributed by atoms with Gasteiger partial charge in [-0.05, 0) is 19.3 Å². The normalized spacial score (nSPS) is 32.1. The summed E-state index contributed by atoms with van der Waals surface area (Å²) < 4.78 is 11.2. The molecule has 2 N–H and O–H groups in total. The number of nitrogens with two attached hydrogens (primary N) is 1. The van der Waals surface area contributed by atoms with Gasteiger partial charge in [-0.2, -0.15) is 0 Å². The summed E-state index contributed by atoms with van der Waals surface area (Å²) in [5, 5.41) is 0. The maximum absolute atomic E-state index is 5.87. The van der Waals surface area contributed by atoms with Crippen LogP contribution in [0.1, 0.15) is 32.1 Å². The molecule has 0 aromatic rings. The SMILES string of the molecule is COC(CN)CCN1CCOC2CCCCC21. The van der Waals surface area contributed by atoms with E-state index in [0.717, 1.165) is 26.1 Å². The zero-order chi connectivity index (χ0) is 12.1. The Hall–Kier alpha value is -0.160. The van der Waals surface area contributed by atoms with Crippen molar-refractivity contribution < 1.29 is 9.47 Å². The Morgan fingerprint density at radius 2 is 2.24 bits per heavy atom. The molecule has 0 amide bonds. The second-order valence-corrected chi connectivity index (χ2v) is 5.18.